The van der Waals surface area contributed by atoms with Crippen molar-refractivity contribution < 1.29 is 24.5 Å². The zero-order valence-electron chi connectivity index (χ0n) is 19.6. The fourth-order valence-corrected chi connectivity index (χ4v) is 4.02. The van der Waals surface area contributed by atoms with Gasteiger partial charge in [0, 0.05) is 18.7 Å². The molecule has 2 aromatic carbocycles. The summed E-state index contributed by atoms with van der Waals surface area (Å²) >= 11 is 0. The van der Waals surface area contributed by atoms with Crippen molar-refractivity contribution in [1.29, 1.82) is 0 Å². The number of rotatable bonds is 9. The van der Waals surface area contributed by atoms with Crippen LogP contribution >= 0.6 is 0 Å². The van der Waals surface area contributed by atoms with Crippen molar-refractivity contribution in [3.63, 3.8) is 0 Å². The van der Waals surface area contributed by atoms with Gasteiger partial charge >= 0.3 is 0 Å². The Labute approximate surface area is 194 Å². The van der Waals surface area contributed by atoms with Crippen LogP contribution in [0.25, 0.3) is 5.76 Å². The lowest BCUT2D eigenvalue weighted by atomic mass is 9.95. The van der Waals surface area contributed by atoms with Crippen LogP contribution in [0.3, 0.4) is 0 Å². The van der Waals surface area contributed by atoms with E-state index in [-0.39, 0.29) is 23.2 Å². The number of phenolic OH excluding ortho intramolecular Hbond substituents is 1. The normalized spacial score (nSPS) is 17.9. The van der Waals surface area contributed by atoms with Crippen LogP contribution < -0.4 is 4.74 Å². The van der Waals surface area contributed by atoms with Gasteiger partial charge in [0.15, 0.2) is 0 Å². The summed E-state index contributed by atoms with van der Waals surface area (Å²) < 4.78 is 5.65. The third kappa shape index (κ3) is 5.37. The molecule has 0 bridgehead atoms. The Morgan fingerprint density at radius 2 is 1.64 bits per heavy atom. The molecule has 0 saturated carbocycles. The average Bonchev–Trinajstić information content (AvgIpc) is 3.05. The number of ether oxygens (including phenoxy) is 1. The lowest BCUT2D eigenvalue weighted by molar-refractivity contribution is -0.140. The highest BCUT2D eigenvalue weighted by Gasteiger charge is 2.45. The second kappa shape index (κ2) is 10.5. The standard InChI is InChI=1S/C26H32N2O5/c1-5-27(6-2)15-16-28-23(18-7-11-20(29)12-8-18)22(25(31)26(28)32)24(30)19-9-13-21(14-10-19)33-17(3)4/h7-14,17,23,29-30H,5-6,15-16H2,1-4H3/t23-/m1/s1. The topological polar surface area (TPSA) is 90.3 Å². The highest BCUT2D eigenvalue weighted by atomic mass is 16.5. The maximum Gasteiger partial charge on any atom is 0.295 e. The van der Waals surface area contributed by atoms with E-state index in [4.69, 9.17) is 4.74 Å². The van der Waals surface area contributed by atoms with Gasteiger partial charge in [-0.2, -0.15) is 0 Å². The number of Topliss-reactive ketones (excluding diaryl/α,β-unsaturated/α-hetero) is 1. The zero-order chi connectivity index (χ0) is 24.1. The van der Waals surface area contributed by atoms with Crippen molar-refractivity contribution in [3.8, 4) is 11.5 Å². The summed E-state index contributed by atoms with van der Waals surface area (Å²) in [6.45, 7) is 10.5. The second-order valence-corrected chi connectivity index (χ2v) is 8.30. The van der Waals surface area contributed by atoms with Crippen molar-refractivity contribution >= 4 is 17.4 Å². The van der Waals surface area contributed by atoms with Crippen molar-refractivity contribution in [2.24, 2.45) is 0 Å². The molecule has 7 nitrogen and oxygen atoms in total. The first-order valence-electron chi connectivity index (χ1n) is 11.3. The number of hydrogen-bond acceptors (Lipinski definition) is 6. The van der Waals surface area contributed by atoms with Gasteiger partial charge in [0.2, 0.25) is 0 Å². The summed E-state index contributed by atoms with van der Waals surface area (Å²) in [5.74, 6) is -0.849. The summed E-state index contributed by atoms with van der Waals surface area (Å²) in [7, 11) is 0. The third-order valence-electron chi connectivity index (χ3n) is 5.80. The van der Waals surface area contributed by atoms with Crippen LogP contribution in [0.15, 0.2) is 54.1 Å². The Morgan fingerprint density at radius 1 is 1.03 bits per heavy atom. The minimum absolute atomic E-state index is 0.00933. The van der Waals surface area contributed by atoms with Crippen molar-refractivity contribution in [3.05, 3.63) is 65.2 Å². The summed E-state index contributed by atoms with van der Waals surface area (Å²) in [6.07, 6.45) is 0.00933. The van der Waals surface area contributed by atoms with Crippen molar-refractivity contribution in [2.75, 3.05) is 26.2 Å². The first-order valence-corrected chi connectivity index (χ1v) is 11.3. The van der Waals surface area contributed by atoms with Crippen LogP contribution in [0.1, 0.15) is 44.9 Å². The van der Waals surface area contributed by atoms with Crippen molar-refractivity contribution in [2.45, 2.75) is 39.8 Å². The maximum absolute atomic E-state index is 13.1. The van der Waals surface area contributed by atoms with Gasteiger partial charge in [0.25, 0.3) is 11.7 Å². The number of aromatic hydroxyl groups is 1. The molecule has 1 amide bonds. The van der Waals surface area contributed by atoms with Crippen LogP contribution in [0.5, 0.6) is 11.5 Å². The molecule has 1 aliphatic rings. The van der Waals surface area contributed by atoms with E-state index in [0.717, 1.165) is 13.1 Å². The monoisotopic (exact) mass is 452 g/mol. The van der Waals surface area contributed by atoms with E-state index < -0.39 is 17.7 Å². The predicted octanol–water partition coefficient (Wildman–Crippen LogP) is 3.94. The smallest absolute Gasteiger partial charge is 0.295 e. The molecule has 7 heteroatoms. The first kappa shape index (κ1) is 24.3. The fourth-order valence-electron chi connectivity index (χ4n) is 4.02. The van der Waals surface area contributed by atoms with E-state index in [9.17, 15) is 19.8 Å². The average molecular weight is 453 g/mol. The number of aliphatic hydroxyl groups excluding tert-OH is 1. The van der Waals surface area contributed by atoms with Crippen LogP contribution in [-0.4, -0.2) is 64.0 Å². The van der Waals surface area contributed by atoms with Crippen LogP contribution in [-0.2, 0) is 9.59 Å². The number of nitrogens with zero attached hydrogens (tertiary/aromatic N) is 2. The van der Waals surface area contributed by atoms with Gasteiger partial charge in [-0.05, 0) is 68.9 Å². The lowest BCUT2D eigenvalue weighted by Gasteiger charge is -2.28. The van der Waals surface area contributed by atoms with Crippen LogP contribution in [0.4, 0.5) is 0 Å². The number of amides is 1. The van der Waals surface area contributed by atoms with E-state index in [0.29, 0.717) is 30.0 Å². The molecular weight excluding hydrogens is 420 g/mol. The van der Waals surface area contributed by atoms with Gasteiger partial charge in [0.05, 0.1) is 17.7 Å². The Balaban J connectivity index is 2.04. The highest BCUT2D eigenvalue weighted by Crippen LogP contribution is 2.39. The molecule has 1 aliphatic heterocycles. The Hall–Kier alpha value is -3.32. The number of likely N-dealkylation sites (tertiary alicyclic amines) is 1. The predicted molar refractivity (Wildman–Crippen MR) is 127 cm³/mol. The number of phenols is 1. The molecule has 2 aromatic rings. The van der Waals surface area contributed by atoms with Crippen LogP contribution in [0, 0.1) is 0 Å². The van der Waals surface area contributed by atoms with Gasteiger partial charge in [-0.3, -0.25) is 9.59 Å². The minimum atomic E-state index is -0.743. The Bertz CT molecular complexity index is 1010. The lowest BCUT2D eigenvalue weighted by Crippen LogP contribution is -2.38. The quantitative estimate of drug-likeness (QED) is 0.340. The molecular formula is C26H32N2O5. The first-order chi connectivity index (χ1) is 15.8. The van der Waals surface area contributed by atoms with E-state index in [2.05, 4.69) is 4.90 Å². The van der Waals surface area contributed by atoms with E-state index >= 15 is 0 Å². The number of ketones is 1. The summed E-state index contributed by atoms with van der Waals surface area (Å²) in [6, 6.07) is 12.4. The number of aliphatic hydroxyl groups is 1. The van der Waals surface area contributed by atoms with E-state index in [1.165, 1.54) is 17.0 Å². The molecule has 0 radical (unpaired) electrons. The fraction of sp³-hybridized carbons (Fsp3) is 0.385. The molecule has 2 N–H and O–H groups in total. The summed E-state index contributed by atoms with van der Waals surface area (Å²) in [4.78, 5) is 29.8. The van der Waals surface area contributed by atoms with E-state index in [1.54, 1.807) is 36.4 Å². The molecule has 3 rings (SSSR count). The second-order valence-electron chi connectivity index (χ2n) is 8.30. The molecule has 33 heavy (non-hydrogen) atoms. The Kier molecular flexibility index (Phi) is 7.76. The number of hydrogen-bond donors (Lipinski definition) is 2. The van der Waals surface area contributed by atoms with E-state index in [1.807, 2.05) is 27.7 Å². The zero-order valence-corrected chi connectivity index (χ0v) is 19.6. The molecule has 1 heterocycles. The molecule has 0 aromatic heterocycles. The largest absolute Gasteiger partial charge is 0.508 e. The van der Waals surface area contributed by atoms with Gasteiger partial charge in [-0.1, -0.05) is 26.0 Å². The summed E-state index contributed by atoms with van der Waals surface area (Å²) in [5, 5.41) is 20.9. The molecule has 0 unspecified atom stereocenters. The highest BCUT2D eigenvalue weighted by molar-refractivity contribution is 6.46. The summed E-state index contributed by atoms with van der Waals surface area (Å²) in [5.41, 5.74) is 1.12. The number of carbonyl (C=O) groups is 2. The van der Waals surface area contributed by atoms with Gasteiger partial charge in [-0.15, -0.1) is 0 Å². The molecule has 1 atom stereocenters. The van der Waals surface area contributed by atoms with Crippen molar-refractivity contribution in [1.82, 2.24) is 9.80 Å². The third-order valence-corrected chi connectivity index (χ3v) is 5.80. The molecule has 1 fully saturated rings. The molecule has 1 saturated heterocycles. The minimum Gasteiger partial charge on any atom is -0.508 e. The number of carbonyl (C=O) groups excluding carboxylic acids is 2. The SMILES string of the molecule is CCN(CC)CCN1C(=O)C(=O)C(=C(O)c2ccc(OC(C)C)cc2)[C@H]1c1ccc(O)cc1. The molecule has 176 valence electrons. The van der Waals surface area contributed by atoms with Gasteiger partial charge in [-0.25, -0.2) is 0 Å². The van der Waals surface area contributed by atoms with Gasteiger partial charge in [0.1, 0.15) is 17.3 Å². The van der Waals surface area contributed by atoms with Gasteiger partial charge < -0.3 is 24.7 Å². The van der Waals surface area contributed by atoms with Crippen LogP contribution in [0.2, 0.25) is 0 Å². The molecule has 0 aliphatic carbocycles. The number of likely N-dealkylation sites (N-methyl/N-ethyl adjacent to an activating group) is 1. The maximum atomic E-state index is 13.1. The number of benzene rings is 2. The molecule has 0 spiro atoms. The Morgan fingerprint density at radius 3 is 2.18 bits per heavy atom.